The zero-order valence-corrected chi connectivity index (χ0v) is 13.3. The zero-order valence-electron chi connectivity index (χ0n) is 12.4. The van der Waals surface area contributed by atoms with E-state index in [1.807, 2.05) is 19.9 Å². The van der Waals surface area contributed by atoms with Gasteiger partial charge in [-0.15, -0.1) is 11.3 Å². The molecule has 2 unspecified atom stereocenters. The maximum Gasteiger partial charge on any atom is 0.261 e. The molecule has 4 nitrogen and oxygen atoms in total. The van der Waals surface area contributed by atoms with E-state index in [-0.39, 0.29) is 18.6 Å². The molecule has 1 fully saturated rings. The van der Waals surface area contributed by atoms with Gasteiger partial charge in [-0.1, -0.05) is 11.8 Å². The number of aliphatic hydroxyl groups is 1. The fourth-order valence-electron chi connectivity index (χ4n) is 2.26. The lowest BCUT2D eigenvalue weighted by Gasteiger charge is -2.18. The first kappa shape index (κ1) is 16.0. The van der Waals surface area contributed by atoms with Crippen molar-refractivity contribution in [3.8, 4) is 11.8 Å². The number of aryl methyl sites for hydroxylation is 1. The van der Waals surface area contributed by atoms with Crippen LogP contribution < -0.4 is 5.32 Å². The van der Waals surface area contributed by atoms with Crippen LogP contribution in [0.1, 0.15) is 39.9 Å². The van der Waals surface area contributed by atoms with Crippen molar-refractivity contribution in [2.75, 3.05) is 19.8 Å². The summed E-state index contributed by atoms with van der Waals surface area (Å²) >= 11 is 1.40. The molecule has 21 heavy (non-hydrogen) atoms. The molecule has 0 aliphatic carbocycles. The molecule has 0 saturated carbocycles. The number of nitrogens with one attached hydrogen (secondary N) is 1. The van der Waals surface area contributed by atoms with Crippen LogP contribution in [0.3, 0.4) is 0 Å². The van der Waals surface area contributed by atoms with Crippen molar-refractivity contribution in [3.63, 3.8) is 0 Å². The molecule has 1 aliphatic heterocycles. The van der Waals surface area contributed by atoms with E-state index < -0.39 is 0 Å². The Morgan fingerprint density at radius 2 is 2.48 bits per heavy atom. The minimum absolute atomic E-state index is 0.0438. The first-order valence-electron chi connectivity index (χ1n) is 7.20. The smallest absolute Gasteiger partial charge is 0.261 e. The van der Waals surface area contributed by atoms with Crippen molar-refractivity contribution in [2.45, 2.75) is 32.7 Å². The second kappa shape index (κ2) is 7.60. The van der Waals surface area contributed by atoms with E-state index in [1.54, 1.807) is 0 Å². The van der Waals surface area contributed by atoms with E-state index >= 15 is 0 Å². The van der Waals surface area contributed by atoms with Crippen molar-refractivity contribution in [1.82, 2.24) is 5.32 Å². The molecule has 0 radical (unpaired) electrons. The fraction of sp³-hybridized carbons (Fsp3) is 0.562. The Balaban J connectivity index is 1.99. The Hall–Kier alpha value is -1.35. The molecule has 114 valence electrons. The van der Waals surface area contributed by atoms with Crippen LogP contribution in [0.15, 0.2) is 6.07 Å². The number of thiophene rings is 1. The number of ether oxygens (including phenoxy) is 1. The predicted octanol–water partition coefficient (Wildman–Crippen LogP) is 1.95. The van der Waals surface area contributed by atoms with Crippen molar-refractivity contribution in [2.24, 2.45) is 5.92 Å². The SMILES string of the molecule is Cc1cc(C(=O)NC(C)C2CCOC2)sc1C#CCCO. The molecule has 1 aliphatic rings. The van der Waals surface area contributed by atoms with Crippen molar-refractivity contribution >= 4 is 17.2 Å². The minimum atomic E-state index is -0.0438. The molecule has 0 spiro atoms. The largest absolute Gasteiger partial charge is 0.395 e. The van der Waals surface area contributed by atoms with Crippen LogP contribution in [0, 0.1) is 24.7 Å². The van der Waals surface area contributed by atoms with Gasteiger partial charge in [-0.05, 0) is 31.9 Å². The molecule has 1 saturated heterocycles. The number of hydrogen-bond acceptors (Lipinski definition) is 4. The Morgan fingerprint density at radius 3 is 3.14 bits per heavy atom. The summed E-state index contributed by atoms with van der Waals surface area (Å²) in [5, 5.41) is 11.8. The zero-order chi connectivity index (χ0) is 15.2. The highest BCUT2D eigenvalue weighted by Gasteiger charge is 2.24. The van der Waals surface area contributed by atoms with Gasteiger partial charge in [-0.3, -0.25) is 4.79 Å². The maximum absolute atomic E-state index is 12.3. The quantitative estimate of drug-likeness (QED) is 0.836. The first-order valence-corrected chi connectivity index (χ1v) is 8.02. The van der Waals surface area contributed by atoms with Gasteiger partial charge in [-0.2, -0.15) is 0 Å². The molecular weight excluding hydrogens is 286 g/mol. The van der Waals surface area contributed by atoms with Crippen LogP contribution >= 0.6 is 11.3 Å². The maximum atomic E-state index is 12.3. The minimum Gasteiger partial charge on any atom is -0.395 e. The van der Waals surface area contributed by atoms with Gasteiger partial charge in [-0.25, -0.2) is 0 Å². The number of amides is 1. The van der Waals surface area contributed by atoms with E-state index in [0.29, 0.717) is 17.2 Å². The number of rotatable bonds is 4. The average Bonchev–Trinajstić information content (AvgIpc) is 3.09. The third-order valence-electron chi connectivity index (χ3n) is 3.61. The summed E-state index contributed by atoms with van der Waals surface area (Å²) in [6.07, 6.45) is 1.46. The van der Waals surface area contributed by atoms with Gasteiger partial charge in [0.15, 0.2) is 0 Å². The molecule has 0 bridgehead atoms. The molecule has 1 amide bonds. The Morgan fingerprint density at radius 1 is 1.67 bits per heavy atom. The van der Waals surface area contributed by atoms with Gasteiger partial charge in [0.2, 0.25) is 0 Å². The second-order valence-corrected chi connectivity index (χ2v) is 6.34. The van der Waals surface area contributed by atoms with Crippen LogP contribution in [-0.2, 0) is 4.74 Å². The molecule has 2 N–H and O–H groups in total. The Labute approximate surface area is 129 Å². The van der Waals surface area contributed by atoms with Crippen molar-refractivity contribution in [3.05, 3.63) is 21.4 Å². The standard InChI is InChI=1S/C16H21NO3S/c1-11-9-15(21-14(11)5-3-4-7-18)16(19)17-12(2)13-6-8-20-10-13/h9,12-13,18H,4,6-8,10H2,1-2H3,(H,17,19). The molecule has 5 heteroatoms. The van der Waals surface area contributed by atoms with Crippen LogP contribution in [0.25, 0.3) is 0 Å². The molecule has 2 rings (SSSR count). The topological polar surface area (TPSA) is 58.6 Å². The van der Waals surface area contributed by atoms with Crippen LogP contribution in [-0.4, -0.2) is 36.9 Å². The number of aliphatic hydroxyl groups excluding tert-OH is 1. The third kappa shape index (κ3) is 4.31. The van der Waals surface area contributed by atoms with Gasteiger partial charge in [0.1, 0.15) is 0 Å². The van der Waals surface area contributed by atoms with Crippen LogP contribution in [0.5, 0.6) is 0 Å². The number of hydrogen-bond donors (Lipinski definition) is 2. The lowest BCUT2D eigenvalue weighted by molar-refractivity contribution is 0.0926. The lowest BCUT2D eigenvalue weighted by atomic mass is 10.0. The molecule has 2 atom stereocenters. The highest BCUT2D eigenvalue weighted by Crippen LogP contribution is 2.22. The van der Waals surface area contributed by atoms with Gasteiger partial charge in [0, 0.05) is 25.0 Å². The fourth-order valence-corrected chi connectivity index (χ4v) is 3.21. The van der Waals surface area contributed by atoms with Crippen molar-refractivity contribution < 1.29 is 14.6 Å². The van der Waals surface area contributed by atoms with Crippen LogP contribution in [0.2, 0.25) is 0 Å². The summed E-state index contributed by atoms with van der Waals surface area (Å²) in [6, 6.07) is 1.99. The van der Waals surface area contributed by atoms with E-state index in [2.05, 4.69) is 17.2 Å². The summed E-state index contributed by atoms with van der Waals surface area (Å²) in [6.45, 7) is 5.55. The molecule has 2 heterocycles. The molecule has 0 aromatic carbocycles. The Kier molecular flexibility index (Phi) is 5.80. The normalized spacial score (nSPS) is 18.9. The van der Waals surface area contributed by atoms with Crippen LogP contribution in [0.4, 0.5) is 0 Å². The highest BCUT2D eigenvalue weighted by atomic mass is 32.1. The van der Waals surface area contributed by atoms with Gasteiger partial charge in [0.25, 0.3) is 5.91 Å². The van der Waals surface area contributed by atoms with Gasteiger partial charge in [0.05, 0.1) is 23.0 Å². The van der Waals surface area contributed by atoms with E-state index in [4.69, 9.17) is 9.84 Å². The molecule has 1 aromatic rings. The number of carbonyl (C=O) groups is 1. The summed E-state index contributed by atoms with van der Waals surface area (Å²) < 4.78 is 5.36. The highest BCUT2D eigenvalue weighted by molar-refractivity contribution is 7.14. The van der Waals surface area contributed by atoms with Gasteiger partial charge < -0.3 is 15.2 Å². The van der Waals surface area contributed by atoms with E-state index in [0.717, 1.165) is 30.1 Å². The molecule has 1 aromatic heterocycles. The average molecular weight is 307 g/mol. The summed E-state index contributed by atoms with van der Waals surface area (Å²) in [5.74, 6) is 6.26. The summed E-state index contributed by atoms with van der Waals surface area (Å²) in [4.78, 5) is 13.9. The van der Waals surface area contributed by atoms with Crippen molar-refractivity contribution in [1.29, 1.82) is 0 Å². The third-order valence-corrected chi connectivity index (χ3v) is 4.76. The summed E-state index contributed by atoms with van der Waals surface area (Å²) in [7, 11) is 0. The monoisotopic (exact) mass is 307 g/mol. The van der Waals surface area contributed by atoms with E-state index in [1.165, 1.54) is 11.3 Å². The first-order chi connectivity index (χ1) is 10.1. The lowest BCUT2D eigenvalue weighted by Crippen LogP contribution is -2.38. The molecular formula is C16H21NO3S. The summed E-state index contributed by atoms with van der Waals surface area (Å²) in [5.41, 5.74) is 1.01. The number of carbonyl (C=O) groups excluding carboxylic acids is 1. The van der Waals surface area contributed by atoms with Gasteiger partial charge >= 0.3 is 0 Å². The Bertz CT molecular complexity index is 550. The second-order valence-electron chi connectivity index (χ2n) is 5.28. The van der Waals surface area contributed by atoms with E-state index in [9.17, 15) is 4.79 Å². The predicted molar refractivity (Wildman–Crippen MR) is 83.5 cm³/mol.